The van der Waals surface area contributed by atoms with E-state index >= 15 is 0 Å². The summed E-state index contributed by atoms with van der Waals surface area (Å²) in [5.74, 6) is -0.182. The van der Waals surface area contributed by atoms with E-state index in [0.717, 1.165) is 30.6 Å². The topological polar surface area (TPSA) is 55.1 Å². The molecule has 3 unspecified atom stereocenters. The molecule has 1 aliphatic rings. The monoisotopic (exact) mass is 268 g/mol. The molecule has 1 heterocycles. The SMILES string of the molecule is CCC1CCC(C(=O)O)C(Sc2cnn(C)c2)C1. The molecule has 1 N–H and O–H groups in total. The smallest absolute Gasteiger partial charge is 0.307 e. The molecule has 100 valence electrons. The molecule has 18 heavy (non-hydrogen) atoms. The van der Waals surface area contributed by atoms with E-state index in [1.54, 1.807) is 16.4 Å². The van der Waals surface area contributed by atoms with Crippen molar-refractivity contribution in [2.75, 3.05) is 0 Å². The molecule has 2 rings (SSSR count). The Kier molecular flexibility index (Phi) is 4.32. The summed E-state index contributed by atoms with van der Waals surface area (Å²) in [4.78, 5) is 12.4. The van der Waals surface area contributed by atoms with Crippen molar-refractivity contribution in [2.24, 2.45) is 18.9 Å². The lowest BCUT2D eigenvalue weighted by atomic mass is 9.80. The molecule has 1 aromatic rings. The highest BCUT2D eigenvalue weighted by atomic mass is 32.2. The number of aryl methyl sites for hydroxylation is 1. The Morgan fingerprint density at radius 1 is 1.61 bits per heavy atom. The van der Waals surface area contributed by atoms with E-state index in [1.807, 2.05) is 19.4 Å². The Hall–Kier alpha value is -0.970. The number of hydrogen-bond donors (Lipinski definition) is 1. The number of carboxylic acids is 1. The summed E-state index contributed by atoms with van der Waals surface area (Å²) in [6.45, 7) is 2.19. The van der Waals surface area contributed by atoms with Gasteiger partial charge in [0.05, 0.1) is 12.1 Å². The minimum Gasteiger partial charge on any atom is -0.481 e. The number of hydrogen-bond acceptors (Lipinski definition) is 3. The van der Waals surface area contributed by atoms with Crippen LogP contribution in [0.5, 0.6) is 0 Å². The fourth-order valence-corrected chi connectivity index (χ4v) is 4.09. The molecule has 3 atom stereocenters. The first-order chi connectivity index (χ1) is 8.60. The number of nitrogens with zero attached hydrogens (tertiary/aromatic N) is 2. The third-order valence-electron chi connectivity index (χ3n) is 3.76. The predicted molar refractivity (Wildman–Crippen MR) is 71.6 cm³/mol. The van der Waals surface area contributed by atoms with E-state index in [-0.39, 0.29) is 11.2 Å². The van der Waals surface area contributed by atoms with Crippen molar-refractivity contribution in [3.05, 3.63) is 12.4 Å². The maximum atomic E-state index is 11.3. The van der Waals surface area contributed by atoms with Crippen molar-refractivity contribution in [3.63, 3.8) is 0 Å². The third-order valence-corrected chi connectivity index (χ3v) is 5.07. The molecule has 1 fully saturated rings. The average molecular weight is 268 g/mol. The summed E-state index contributed by atoms with van der Waals surface area (Å²) in [6, 6.07) is 0. The Bertz CT molecular complexity index is 419. The van der Waals surface area contributed by atoms with Crippen LogP contribution < -0.4 is 0 Å². The molecule has 0 aliphatic heterocycles. The molecule has 5 heteroatoms. The standard InChI is InChI=1S/C13H20N2O2S/c1-3-9-4-5-11(13(16)17)12(6-9)18-10-7-14-15(2)8-10/h7-9,11-12H,3-6H2,1-2H3,(H,16,17). The van der Waals surface area contributed by atoms with Crippen LogP contribution in [0.3, 0.4) is 0 Å². The van der Waals surface area contributed by atoms with Crippen LogP contribution in [0.2, 0.25) is 0 Å². The van der Waals surface area contributed by atoms with Crippen molar-refractivity contribution in [2.45, 2.75) is 42.8 Å². The number of carbonyl (C=O) groups is 1. The van der Waals surface area contributed by atoms with Crippen molar-refractivity contribution in [3.8, 4) is 0 Å². The van der Waals surface area contributed by atoms with Gasteiger partial charge in [-0.2, -0.15) is 5.10 Å². The lowest BCUT2D eigenvalue weighted by molar-refractivity contribution is -0.142. The largest absolute Gasteiger partial charge is 0.481 e. The van der Waals surface area contributed by atoms with Gasteiger partial charge in [0.2, 0.25) is 0 Å². The molecule has 0 aromatic carbocycles. The second kappa shape index (κ2) is 5.78. The Labute approximate surface area is 112 Å². The molecule has 0 spiro atoms. The van der Waals surface area contributed by atoms with Crippen LogP contribution in [-0.4, -0.2) is 26.1 Å². The van der Waals surface area contributed by atoms with E-state index in [9.17, 15) is 9.90 Å². The number of carboxylic acid groups (broad SMARTS) is 1. The number of aliphatic carboxylic acids is 1. The average Bonchev–Trinajstić information content (AvgIpc) is 2.74. The zero-order chi connectivity index (χ0) is 13.1. The van der Waals surface area contributed by atoms with Crippen molar-refractivity contribution >= 4 is 17.7 Å². The minimum absolute atomic E-state index is 0.186. The fraction of sp³-hybridized carbons (Fsp3) is 0.692. The summed E-state index contributed by atoms with van der Waals surface area (Å²) in [5, 5.41) is 13.6. The third kappa shape index (κ3) is 3.07. The maximum absolute atomic E-state index is 11.3. The van der Waals surface area contributed by atoms with E-state index in [4.69, 9.17) is 0 Å². The normalized spacial score (nSPS) is 28.2. The second-order valence-electron chi connectivity index (χ2n) is 5.04. The number of thioether (sulfide) groups is 1. The van der Waals surface area contributed by atoms with Crippen LogP contribution in [0.1, 0.15) is 32.6 Å². The lowest BCUT2D eigenvalue weighted by Gasteiger charge is -2.32. The van der Waals surface area contributed by atoms with Crippen LogP contribution in [0.4, 0.5) is 0 Å². The van der Waals surface area contributed by atoms with Crippen LogP contribution in [0.25, 0.3) is 0 Å². The van der Waals surface area contributed by atoms with Crippen molar-refractivity contribution < 1.29 is 9.90 Å². The van der Waals surface area contributed by atoms with E-state index < -0.39 is 5.97 Å². The summed E-state index contributed by atoms with van der Waals surface area (Å²) in [5.41, 5.74) is 0. The number of rotatable bonds is 4. The molecule has 0 amide bonds. The van der Waals surface area contributed by atoms with Gasteiger partial charge in [0.25, 0.3) is 0 Å². The highest BCUT2D eigenvalue weighted by Crippen LogP contribution is 2.40. The first-order valence-electron chi connectivity index (χ1n) is 6.48. The lowest BCUT2D eigenvalue weighted by Crippen LogP contribution is -2.32. The van der Waals surface area contributed by atoms with Crippen LogP contribution >= 0.6 is 11.8 Å². The van der Waals surface area contributed by atoms with Crippen LogP contribution in [-0.2, 0) is 11.8 Å². The molecule has 0 radical (unpaired) electrons. The quantitative estimate of drug-likeness (QED) is 0.912. The Morgan fingerprint density at radius 2 is 2.39 bits per heavy atom. The summed E-state index contributed by atoms with van der Waals surface area (Å²) < 4.78 is 1.76. The molecule has 4 nitrogen and oxygen atoms in total. The predicted octanol–water partition coefficient (Wildman–Crippen LogP) is 2.79. The van der Waals surface area contributed by atoms with Gasteiger partial charge in [-0.05, 0) is 25.2 Å². The molecule has 0 bridgehead atoms. The van der Waals surface area contributed by atoms with Crippen molar-refractivity contribution in [1.82, 2.24) is 9.78 Å². The minimum atomic E-state index is -0.647. The molecular weight excluding hydrogens is 248 g/mol. The molecule has 1 aliphatic carbocycles. The maximum Gasteiger partial charge on any atom is 0.307 e. The van der Waals surface area contributed by atoms with Gasteiger partial charge in [-0.15, -0.1) is 11.8 Å². The van der Waals surface area contributed by atoms with Crippen molar-refractivity contribution in [1.29, 1.82) is 0 Å². The van der Waals surface area contributed by atoms with Gasteiger partial charge in [0, 0.05) is 23.4 Å². The first kappa shape index (κ1) is 13.5. The molecule has 1 saturated carbocycles. The number of aromatic nitrogens is 2. The zero-order valence-electron chi connectivity index (χ0n) is 10.9. The van der Waals surface area contributed by atoms with Gasteiger partial charge < -0.3 is 5.11 Å². The van der Waals surface area contributed by atoms with Gasteiger partial charge in [0.15, 0.2) is 0 Å². The highest BCUT2D eigenvalue weighted by Gasteiger charge is 2.35. The van der Waals surface area contributed by atoms with Crippen LogP contribution in [0.15, 0.2) is 17.3 Å². The molecular formula is C13H20N2O2S. The Morgan fingerprint density at radius 3 is 2.94 bits per heavy atom. The summed E-state index contributed by atoms with van der Waals surface area (Å²) >= 11 is 1.68. The Balaban J connectivity index is 2.07. The van der Waals surface area contributed by atoms with Gasteiger partial charge in [0.1, 0.15) is 0 Å². The van der Waals surface area contributed by atoms with Gasteiger partial charge in [-0.1, -0.05) is 13.3 Å². The van der Waals surface area contributed by atoms with Crippen LogP contribution in [0, 0.1) is 11.8 Å². The van der Waals surface area contributed by atoms with Gasteiger partial charge in [-0.25, -0.2) is 0 Å². The van der Waals surface area contributed by atoms with E-state index in [0.29, 0.717) is 5.92 Å². The van der Waals surface area contributed by atoms with E-state index in [2.05, 4.69) is 12.0 Å². The molecule has 0 saturated heterocycles. The fourth-order valence-electron chi connectivity index (χ4n) is 2.63. The summed E-state index contributed by atoms with van der Waals surface area (Å²) in [7, 11) is 1.88. The zero-order valence-corrected chi connectivity index (χ0v) is 11.7. The van der Waals surface area contributed by atoms with E-state index in [1.165, 1.54) is 0 Å². The van der Waals surface area contributed by atoms with Gasteiger partial charge >= 0.3 is 5.97 Å². The van der Waals surface area contributed by atoms with Gasteiger partial charge in [-0.3, -0.25) is 9.48 Å². The first-order valence-corrected chi connectivity index (χ1v) is 7.36. The molecule has 1 aromatic heterocycles. The summed E-state index contributed by atoms with van der Waals surface area (Å²) in [6.07, 6.45) is 7.80. The second-order valence-corrected chi connectivity index (χ2v) is 6.35. The highest BCUT2D eigenvalue weighted by molar-refractivity contribution is 8.00.